The molecule has 0 saturated carbocycles. The largest absolute Gasteiger partial charge is 0.375 e. The number of nitrogens with two attached hydrogens (primary N) is 1. The minimum Gasteiger partial charge on any atom is -0.375 e. The van der Waals surface area contributed by atoms with E-state index in [-0.39, 0.29) is 0 Å². The molecule has 0 saturated heterocycles. The molecular weight excluding hydrogens is 392 g/mol. The first-order chi connectivity index (χ1) is 15.1. The molecule has 3 aromatic heterocycles. The Morgan fingerprint density at radius 3 is 2.81 bits per heavy atom. The van der Waals surface area contributed by atoms with Crippen LogP contribution in [-0.4, -0.2) is 31.9 Å². The second kappa shape index (κ2) is 7.81. The molecule has 3 N–H and O–H groups in total. The van der Waals surface area contributed by atoms with E-state index in [2.05, 4.69) is 22.4 Å². The van der Waals surface area contributed by atoms with E-state index in [9.17, 15) is 4.79 Å². The van der Waals surface area contributed by atoms with Gasteiger partial charge in [-0.15, -0.1) is 0 Å². The lowest BCUT2D eigenvalue weighted by atomic mass is 10.1. The molecule has 1 aliphatic heterocycles. The molecule has 5 rings (SSSR count). The lowest BCUT2D eigenvalue weighted by Gasteiger charge is -2.20. The first kappa shape index (κ1) is 19.2. The number of benzene rings is 1. The zero-order chi connectivity index (χ0) is 21.4. The Balaban J connectivity index is 1.62. The number of anilines is 1. The van der Waals surface area contributed by atoms with Crippen LogP contribution in [0.15, 0.2) is 48.7 Å². The summed E-state index contributed by atoms with van der Waals surface area (Å²) in [4.78, 5) is 26.1. The number of hydrogen-bond acceptors (Lipinski definition) is 6. The van der Waals surface area contributed by atoms with E-state index in [1.54, 1.807) is 12.1 Å². The molecule has 1 aliphatic rings. The number of ether oxygens (including phenoxy) is 1. The van der Waals surface area contributed by atoms with Crippen molar-refractivity contribution in [3.63, 3.8) is 0 Å². The highest BCUT2D eigenvalue weighted by Crippen LogP contribution is 2.29. The lowest BCUT2D eigenvalue weighted by molar-refractivity contribution is 0.100. The summed E-state index contributed by atoms with van der Waals surface area (Å²) in [6, 6.07) is 13.6. The average Bonchev–Trinajstić information content (AvgIpc) is 3.13. The molecule has 8 nitrogen and oxygen atoms in total. The van der Waals surface area contributed by atoms with Crippen molar-refractivity contribution in [3.8, 4) is 11.5 Å². The standard InChI is InChI=1S/C23H22N6O2/c1-14-19(29-10-5-8-17(20(24)30)23(29)26-14)22-27-18-13-31-11-9-16(18)21(28-22)25-12-15-6-3-2-4-7-15/h2-8,10H,9,11-13H2,1H3,(H2,24,30)(H,25,27,28). The van der Waals surface area contributed by atoms with Crippen LogP contribution in [0.25, 0.3) is 17.2 Å². The van der Waals surface area contributed by atoms with Gasteiger partial charge in [-0.3, -0.25) is 9.20 Å². The third-order valence-corrected chi connectivity index (χ3v) is 5.43. The van der Waals surface area contributed by atoms with Gasteiger partial charge in [0.15, 0.2) is 5.82 Å². The zero-order valence-corrected chi connectivity index (χ0v) is 17.1. The highest BCUT2D eigenvalue weighted by molar-refractivity contribution is 5.99. The molecule has 1 aromatic carbocycles. The predicted molar refractivity (Wildman–Crippen MR) is 117 cm³/mol. The highest BCUT2D eigenvalue weighted by atomic mass is 16.5. The Morgan fingerprint density at radius 1 is 1.16 bits per heavy atom. The first-order valence-corrected chi connectivity index (χ1v) is 10.1. The fourth-order valence-electron chi connectivity index (χ4n) is 3.93. The van der Waals surface area contributed by atoms with Crippen molar-refractivity contribution in [1.82, 2.24) is 19.4 Å². The van der Waals surface area contributed by atoms with Crippen molar-refractivity contribution in [1.29, 1.82) is 0 Å². The quantitative estimate of drug-likeness (QED) is 0.520. The van der Waals surface area contributed by atoms with E-state index in [1.165, 1.54) is 5.56 Å². The van der Waals surface area contributed by atoms with E-state index in [0.717, 1.165) is 34.9 Å². The van der Waals surface area contributed by atoms with Crippen LogP contribution in [0.5, 0.6) is 0 Å². The first-order valence-electron chi connectivity index (χ1n) is 10.1. The molecule has 0 bridgehead atoms. The molecule has 156 valence electrons. The summed E-state index contributed by atoms with van der Waals surface area (Å²) in [6.07, 6.45) is 2.60. The van der Waals surface area contributed by atoms with Crippen LogP contribution in [-0.2, 0) is 24.3 Å². The van der Waals surface area contributed by atoms with E-state index < -0.39 is 5.91 Å². The smallest absolute Gasteiger partial charge is 0.252 e. The number of hydrogen-bond donors (Lipinski definition) is 2. The highest BCUT2D eigenvalue weighted by Gasteiger charge is 2.23. The van der Waals surface area contributed by atoms with Crippen molar-refractivity contribution >= 4 is 17.4 Å². The van der Waals surface area contributed by atoms with Crippen molar-refractivity contribution < 1.29 is 9.53 Å². The summed E-state index contributed by atoms with van der Waals surface area (Å²) in [5, 5.41) is 3.48. The van der Waals surface area contributed by atoms with Gasteiger partial charge in [-0.25, -0.2) is 15.0 Å². The lowest BCUT2D eigenvalue weighted by Crippen LogP contribution is -2.17. The third kappa shape index (κ3) is 3.51. The van der Waals surface area contributed by atoms with E-state index >= 15 is 0 Å². The van der Waals surface area contributed by atoms with Gasteiger partial charge in [0, 0.05) is 24.7 Å². The number of aryl methyl sites for hydroxylation is 1. The van der Waals surface area contributed by atoms with Crippen LogP contribution in [0.4, 0.5) is 5.82 Å². The normalized spacial score (nSPS) is 13.2. The van der Waals surface area contributed by atoms with Gasteiger partial charge in [-0.1, -0.05) is 30.3 Å². The van der Waals surface area contributed by atoms with Crippen molar-refractivity contribution in [2.45, 2.75) is 26.5 Å². The van der Waals surface area contributed by atoms with Crippen molar-refractivity contribution in [3.05, 3.63) is 76.7 Å². The topological polar surface area (TPSA) is 107 Å². The van der Waals surface area contributed by atoms with Crippen molar-refractivity contribution in [2.24, 2.45) is 5.73 Å². The van der Waals surface area contributed by atoms with Gasteiger partial charge in [-0.2, -0.15) is 0 Å². The number of carbonyl (C=O) groups is 1. The van der Waals surface area contributed by atoms with Crippen LogP contribution in [0, 0.1) is 6.92 Å². The zero-order valence-electron chi connectivity index (χ0n) is 17.1. The van der Waals surface area contributed by atoms with Crippen LogP contribution >= 0.6 is 0 Å². The maximum Gasteiger partial charge on any atom is 0.252 e. The molecule has 8 heteroatoms. The summed E-state index contributed by atoms with van der Waals surface area (Å²) in [6.45, 7) is 3.62. The molecule has 31 heavy (non-hydrogen) atoms. The molecule has 0 atom stereocenters. The van der Waals surface area contributed by atoms with Gasteiger partial charge in [0.25, 0.3) is 5.91 Å². The van der Waals surface area contributed by atoms with Crippen LogP contribution in [0.3, 0.4) is 0 Å². The maximum atomic E-state index is 11.8. The van der Waals surface area contributed by atoms with Gasteiger partial charge in [0.2, 0.25) is 0 Å². The number of aromatic nitrogens is 4. The summed E-state index contributed by atoms with van der Waals surface area (Å²) in [5.41, 5.74) is 11.0. The number of nitrogens with one attached hydrogen (secondary N) is 1. The van der Waals surface area contributed by atoms with E-state index in [4.69, 9.17) is 20.4 Å². The number of fused-ring (bicyclic) bond motifs is 2. The molecule has 0 fully saturated rings. The number of amides is 1. The summed E-state index contributed by atoms with van der Waals surface area (Å²) >= 11 is 0. The molecular formula is C23H22N6O2. The van der Waals surface area contributed by atoms with Gasteiger partial charge < -0.3 is 15.8 Å². The number of carbonyl (C=O) groups excluding carboxylic acids is 1. The van der Waals surface area contributed by atoms with Gasteiger partial charge in [-0.05, 0) is 24.6 Å². The Morgan fingerprint density at radius 2 is 2.00 bits per heavy atom. The third-order valence-electron chi connectivity index (χ3n) is 5.43. The predicted octanol–water partition coefficient (Wildman–Crippen LogP) is 2.88. The Bertz CT molecular complexity index is 1280. The molecule has 0 radical (unpaired) electrons. The number of nitrogens with zero attached hydrogens (tertiary/aromatic N) is 4. The monoisotopic (exact) mass is 414 g/mol. The maximum absolute atomic E-state index is 11.8. The Hall–Kier alpha value is -3.78. The average molecular weight is 414 g/mol. The molecule has 4 heterocycles. The van der Waals surface area contributed by atoms with Crippen LogP contribution in [0.2, 0.25) is 0 Å². The van der Waals surface area contributed by atoms with Crippen molar-refractivity contribution in [2.75, 3.05) is 11.9 Å². The second-order valence-corrected chi connectivity index (χ2v) is 7.49. The molecule has 0 unspecified atom stereocenters. The number of imidazole rings is 1. The fourth-order valence-corrected chi connectivity index (χ4v) is 3.93. The number of rotatable bonds is 5. The molecule has 0 aliphatic carbocycles. The van der Waals surface area contributed by atoms with Gasteiger partial charge >= 0.3 is 0 Å². The summed E-state index contributed by atoms with van der Waals surface area (Å²) < 4.78 is 7.47. The Kier molecular flexibility index (Phi) is 4.83. The molecule has 0 spiro atoms. The van der Waals surface area contributed by atoms with Gasteiger partial charge in [0.1, 0.15) is 17.2 Å². The van der Waals surface area contributed by atoms with Gasteiger partial charge in [0.05, 0.1) is 30.2 Å². The summed E-state index contributed by atoms with van der Waals surface area (Å²) in [5.74, 6) is 0.811. The second-order valence-electron chi connectivity index (χ2n) is 7.49. The number of primary amides is 1. The SMILES string of the molecule is Cc1nc2c(C(N)=O)cccn2c1-c1nc2c(c(NCc3ccccc3)n1)CCOC2. The van der Waals surface area contributed by atoms with E-state index in [1.807, 2.05) is 35.7 Å². The van der Waals surface area contributed by atoms with Crippen LogP contribution in [0.1, 0.15) is 32.9 Å². The van der Waals surface area contributed by atoms with Crippen LogP contribution < -0.4 is 11.1 Å². The minimum atomic E-state index is -0.521. The molecule has 4 aromatic rings. The number of pyridine rings is 1. The Labute approximate surface area is 179 Å². The summed E-state index contributed by atoms with van der Waals surface area (Å²) in [7, 11) is 0. The minimum absolute atomic E-state index is 0.362. The van der Waals surface area contributed by atoms with E-state index in [0.29, 0.717) is 36.8 Å². The fraction of sp³-hybridized carbons (Fsp3) is 0.217. The molecule has 1 amide bonds.